The first-order valence-electron chi connectivity index (χ1n) is 11.3. The van der Waals surface area contributed by atoms with E-state index in [2.05, 4.69) is 32.7 Å². The first-order valence-corrected chi connectivity index (χ1v) is 12.3. The minimum absolute atomic E-state index is 0.288. The van der Waals surface area contributed by atoms with Crippen LogP contribution in [0.5, 0.6) is 5.75 Å². The highest BCUT2D eigenvalue weighted by Crippen LogP contribution is 2.44. The Kier molecular flexibility index (Phi) is 6.30. The minimum atomic E-state index is -0.288. The molecule has 0 amide bonds. The molecule has 0 radical (unpaired) electrons. The van der Waals surface area contributed by atoms with Gasteiger partial charge in [0.15, 0.2) is 0 Å². The van der Waals surface area contributed by atoms with E-state index in [1.165, 1.54) is 0 Å². The van der Waals surface area contributed by atoms with E-state index in [4.69, 9.17) is 9.47 Å². The summed E-state index contributed by atoms with van der Waals surface area (Å²) in [5.74, 6) is 1.19. The van der Waals surface area contributed by atoms with Gasteiger partial charge in [0.2, 0.25) is 0 Å². The maximum Gasteiger partial charge on any atom is 0.340 e. The molecule has 2 aromatic carbocycles. The third kappa shape index (κ3) is 4.06. The second-order valence-corrected chi connectivity index (χ2v) is 9.40. The van der Waals surface area contributed by atoms with Gasteiger partial charge < -0.3 is 14.0 Å². The molecule has 2 aromatic heterocycles. The summed E-state index contributed by atoms with van der Waals surface area (Å²) in [7, 11) is 4.05. The van der Waals surface area contributed by atoms with E-state index >= 15 is 0 Å². The molecule has 5 rings (SSSR count). The van der Waals surface area contributed by atoms with Crippen molar-refractivity contribution in [3.63, 3.8) is 0 Å². The van der Waals surface area contributed by atoms with E-state index in [0.29, 0.717) is 31.2 Å². The number of rotatable bonds is 6. The SMILES string of the molecule is CCOC(=O)c1c(CSc2ccccc2)n(C)c2cc(-c3ccncc3)c3c(c12)CN(C)CO3. The Morgan fingerprint density at radius 1 is 1.15 bits per heavy atom. The molecular formula is C27H27N3O3S. The Labute approximate surface area is 203 Å². The van der Waals surface area contributed by atoms with Crippen molar-refractivity contribution in [3.05, 3.63) is 77.7 Å². The van der Waals surface area contributed by atoms with E-state index in [9.17, 15) is 4.79 Å². The molecule has 0 unspecified atom stereocenters. The third-order valence-corrected chi connectivity index (χ3v) is 7.13. The van der Waals surface area contributed by atoms with Crippen LogP contribution in [0.3, 0.4) is 0 Å². The highest BCUT2D eigenvalue weighted by atomic mass is 32.2. The molecule has 0 bridgehead atoms. The number of pyridine rings is 1. The molecule has 0 saturated carbocycles. The number of carbonyl (C=O) groups excluding carboxylic acids is 1. The predicted molar refractivity (Wildman–Crippen MR) is 135 cm³/mol. The normalized spacial score (nSPS) is 13.5. The van der Waals surface area contributed by atoms with Crippen molar-refractivity contribution in [2.75, 3.05) is 20.4 Å². The molecule has 6 nitrogen and oxygen atoms in total. The topological polar surface area (TPSA) is 56.6 Å². The third-order valence-electron chi connectivity index (χ3n) is 6.11. The number of ether oxygens (including phenoxy) is 2. The summed E-state index contributed by atoms with van der Waals surface area (Å²) < 4.78 is 13.9. The number of aromatic nitrogens is 2. The Morgan fingerprint density at radius 3 is 2.65 bits per heavy atom. The average molecular weight is 474 g/mol. The number of aryl methyl sites for hydroxylation is 1. The molecule has 1 aliphatic rings. The summed E-state index contributed by atoms with van der Waals surface area (Å²) in [6.07, 6.45) is 3.58. The van der Waals surface area contributed by atoms with Gasteiger partial charge in [-0.15, -0.1) is 11.8 Å². The quantitative estimate of drug-likeness (QED) is 0.273. The zero-order valence-electron chi connectivity index (χ0n) is 19.6. The van der Waals surface area contributed by atoms with E-state index in [1.807, 2.05) is 51.4 Å². The van der Waals surface area contributed by atoms with Crippen LogP contribution in [-0.2, 0) is 24.1 Å². The predicted octanol–water partition coefficient (Wildman–Crippen LogP) is 5.49. The molecule has 3 heterocycles. The molecule has 0 aliphatic carbocycles. The summed E-state index contributed by atoms with van der Waals surface area (Å²) in [4.78, 5) is 20.8. The molecule has 7 heteroatoms. The van der Waals surface area contributed by atoms with Crippen molar-refractivity contribution < 1.29 is 14.3 Å². The van der Waals surface area contributed by atoms with E-state index < -0.39 is 0 Å². The van der Waals surface area contributed by atoms with E-state index in [1.54, 1.807) is 24.2 Å². The largest absolute Gasteiger partial charge is 0.477 e. The summed E-state index contributed by atoms with van der Waals surface area (Å²) in [6.45, 7) is 3.35. The van der Waals surface area contributed by atoms with E-state index in [-0.39, 0.29) is 5.97 Å². The number of fused-ring (bicyclic) bond motifs is 3. The first-order chi connectivity index (χ1) is 16.6. The van der Waals surface area contributed by atoms with Gasteiger partial charge in [0.25, 0.3) is 0 Å². The maximum atomic E-state index is 13.3. The standard InChI is InChI=1S/C27H27N3O3S/c1-4-32-27(31)25-23(16-34-19-8-6-5-7-9-19)30(3)22-14-20(18-10-12-28-13-11-18)26-21(24(22)25)15-29(2)17-33-26/h5-14H,4,15-17H2,1-3H3. The minimum Gasteiger partial charge on any atom is -0.477 e. The van der Waals surface area contributed by atoms with Gasteiger partial charge in [0, 0.05) is 58.8 Å². The number of hydrogen-bond acceptors (Lipinski definition) is 6. The average Bonchev–Trinajstić information content (AvgIpc) is 3.15. The van der Waals surface area contributed by atoms with Crippen molar-refractivity contribution in [3.8, 4) is 16.9 Å². The second-order valence-electron chi connectivity index (χ2n) is 8.35. The highest BCUT2D eigenvalue weighted by molar-refractivity contribution is 7.98. The van der Waals surface area contributed by atoms with Crippen LogP contribution in [0.25, 0.3) is 22.0 Å². The highest BCUT2D eigenvalue weighted by Gasteiger charge is 2.30. The van der Waals surface area contributed by atoms with Crippen molar-refractivity contribution >= 4 is 28.6 Å². The Bertz CT molecular complexity index is 1340. The van der Waals surface area contributed by atoms with Gasteiger partial charge >= 0.3 is 5.97 Å². The van der Waals surface area contributed by atoms with Crippen LogP contribution in [0.2, 0.25) is 0 Å². The fourth-order valence-electron chi connectivity index (χ4n) is 4.52. The smallest absolute Gasteiger partial charge is 0.340 e. The first kappa shape index (κ1) is 22.5. The number of benzene rings is 2. The van der Waals surface area contributed by atoms with Gasteiger partial charge in [0.05, 0.1) is 17.7 Å². The van der Waals surface area contributed by atoms with Crippen molar-refractivity contribution in [1.82, 2.24) is 14.5 Å². The van der Waals surface area contributed by atoms with Gasteiger partial charge in [-0.1, -0.05) is 18.2 Å². The molecule has 1 aliphatic heterocycles. The van der Waals surface area contributed by atoms with Crippen LogP contribution in [0, 0.1) is 0 Å². The molecule has 0 saturated heterocycles. The molecule has 174 valence electrons. The molecule has 34 heavy (non-hydrogen) atoms. The number of esters is 1. The molecule has 0 N–H and O–H groups in total. The number of thioether (sulfide) groups is 1. The van der Waals surface area contributed by atoms with Crippen LogP contribution >= 0.6 is 11.8 Å². The van der Waals surface area contributed by atoms with Gasteiger partial charge in [-0.2, -0.15) is 0 Å². The fourth-order valence-corrected chi connectivity index (χ4v) is 5.51. The van der Waals surface area contributed by atoms with Crippen LogP contribution in [-0.4, -0.2) is 40.8 Å². The second kappa shape index (κ2) is 9.52. The number of carbonyl (C=O) groups is 1. The van der Waals surface area contributed by atoms with Gasteiger partial charge in [-0.3, -0.25) is 9.88 Å². The Morgan fingerprint density at radius 2 is 1.91 bits per heavy atom. The van der Waals surface area contributed by atoms with Gasteiger partial charge in [0.1, 0.15) is 12.5 Å². The molecule has 0 atom stereocenters. The maximum absolute atomic E-state index is 13.3. The monoisotopic (exact) mass is 473 g/mol. The van der Waals surface area contributed by atoms with Crippen LogP contribution in [0.4, 0.5) is 0 Å². The Balaban J connectivity index is 1.75. The van der Waals surface area contributed by atoms with Crippen molar-refractivity contribution in [2.45, 2.75) is 24.1 Å². The summed E-state index contributed by atoms with van der Waals surface area (Å²) in [5, 5.41) is 0.920. The van der Waals surface area contributed by atoms with Crippen LogP contribution < -0.4 is 4.74 Å². The summed E-state index contributed by atoms with van der Waals surface area (Å²) in [5.41, 5.74) is 5.65. The lowest BCUT2D eigenvalue weighted by atomic mass is 9.95. The van der Waals surface area contributed by atoms with Gasteiger partial charge in [-0.05, 0) is 49.9 Å². The lowest BCUT2D eigenvalue weighted by Crippen LogP contribution is -2.28. The van der Waals surface area contributed by atoms with Crippen LogP contribution in [0.1, 0.15) is 28.5 Å². The number of nitrogens with zero attached hydrogens (tertiary/aromatic N) is 3. The fraction of sp³-hybridized carbons (Fsp3) is 0.259. The van der Waals surface area contributed by atoms with Crippen molar-refractivity contribution in [1.29, 1.82) is 0 Å². The zero-order chi connectivity index (χ0) is 23.7. The van der Waals surface area contributed by atoms with E-state index in [0.717, 1.165) is 43.9 Å². The van der Waals surface area contributed by atoms with Crippen LogP contribution in [0.15, 0.2) is 65.8 Å². The molecule has 4 aromatic rings. The van der Waals surface area contributed by atoms with Gasteiger partial charge in [-0.25, -0.2) is 4.79 Å². The molecule has 0 spiro atoms. The van der Waals surface area contributed by atoms with Crippen molar-refractivity contribution in [2.24, 2.45) is 7.05 Å². The number of hydrogen-bond donors (Lipinski definition) is 0. The summed E-state index contributed by atoms with van der Waals surface area (Å²) in [6, 6.07) is 16.4. The summed E-state index contributed by atoms with van der Waals surface area (Å²) >= 11 is 1.71. The lowest BCUT2D eigenvalue weighted by molar-refractivity contribution is 0.0527. The lowest BCUT2D eigenvalue weighted by Gasteiger charge is -2.28. The zero-order valence-corrected chi connectivity index (χ0v) is 20.4. The molecule has 0 fully saturated rings. The molecular weight excluding hydrogens is 446 g/mol. The Hall–Kier alpha value is -3.29.